The summed E-state index contributed by atoms with van der Waals surface area (Å²) in [6, 6.07) is 0.995. The summed E-state index contributed by atoms with van der Waals surface area (Å²) in [7, 11) is 0. The summed E-state index contributed by atoms with van der Waals surface area (Å²) in [5, 5.41) is 11.0. The van der Waals surface area contributed by atoms with Crippen LogP contribution >= 0.6 is 11.8 Å². The van der Waals surface area contributed by atoms with Gasteiger partial charge in [0.05, 0.1) is 0 Å². The Morgan fingerprint density at radius 1 is 1.44 bits per heavy atom. The Morgan fingerprint density at radius 3 is 3.00 bits per heavy atom. The Hall–Kier alpha value is -0.750. The summed E-state index contributed by atoms with van der Waals surface area (Å²) in [5.74, 6) is 1.01. The molecule has 5 nitrogen and oxygen atoms in total. The molecule has 0 aromatic carbocycles. The number of aromatic amines is 1. The second-order valence-corrected chi connectivity index (χ2v) is 5.50. The van der Waals surface area contributed by atoms with Crippen LogP contribution in [0.15, 0.2) is 9.95 Å². The van der Waals surface area contributed by atoms with E-state index in [-0.39, 0.29) is 5.69 Å². The van der Waals surface area contributed by atoms with E-state index in [1.807, 2.05) is 4.57 Å². The molecule has 6 heteroatoms. The Kier molecular flexibility index (Phi) is 2.77. The highest BCUT2D eigenvalue weighted by Gasteiger charge is 2.28. The van der Waals surface area contributed by atoms with E-state index in [0.29, 0.717) is 12.1 Å². The first kappa shape index (κ1) is 10.4. The first-order chi connectivity index (χ1) is 7.84. The van der Waals surface area contributed by atoms with E-state index in [0.717, 1.165) is 30.3 Å². The molecule has 88 valence electrons. The fourth-order valence-corrected chi connectivity index (χ4v) is 3.24. The summed E-state index contributed by atoms with van der Waals surface area (Å²) in [5.41, 5.74) is -0.0515. The van der Waals surface area contributed by atoms with Gasteiger partial charge in [0.2, 0.25) is 0 Å². The van der Waals surface area contributed by atoms with Gasteiger partial charge in [0.1, 0.15) is 0 Å². The van der Waals surface area contributed by atoms with E-state index < -0.39 is 0 Å². The van der Waals surface area contributed by atoms with Gasteiger partial charge in [-0.25, -0.2) is 9.89 Å². The summed E-state index contributed by atoms with van der Waals surface area (Å²) in [6.07, 6.45) is 4.75. The van der Waals surface area contributed by atoms with E-state index in [2.05, 4.69) is 15.5 Å². The maximum Gasteiger partial charge on any atom is 0.344 e. The van der Waals surface area contributed by atoms with Gasteiger partial charge in [0.15, 0.2) is 5.16 Å². The normalized spacial score (nSPS) is 25.1. The van der Waals surface area contributed by atoms with Crippen molar-refractivity contribution < 1.29 is 0 Å². The molecule has 1 aromatic rings. The summed E-state index contributed by atoms with van der Waals surface area (Å²) < 4.78 is 1.82. The Morgan fingerprint density at radius 2 is 2.31 bits per heavy atom. The molecule has 0 unspecified atom stereocenters. The fourth-order valence-electron chi connectivity index (χ4n) is 2.12. The quantitative estimate of drug-likeness (QED) is 0.762. The first-order valence-corrected chi connectivity index (χ1v) is 6.86. The maximum absolute atomic E-state index is 11.5. The Labute approximate surface area is 98.0 Å². The van der Waals surface area contributed by atoms with Crippen molar-refractivity contribution in [3.05, 3.63) is 10.5 Å². The number of rotatable bonds is 4. The first-order valence-electron chi connectivity index (χ1n) is 5.87. The SMILES string of the molecule is O=c1[nH]nc(SC[C@@H]2CCCN2)n1C1CC1. The van der Waals surface area contributed by atoms with Crippen LogP contribution in [0, 0.1) is 0 Å². The van der Waals surface area contributed by atoms with E-state index >= 15 is 0 Å². The lowest BCUT2D eigenvalue weighted by Crippen LogP contribution is -2.24. The maximum atomic E-state index is 11.5. The molecular formula is C10H16N4OS. The van der Waals surface area contributed by atoms with Crippen molar-refractivity contribution in [2.24, 2.45) is 0 Å². The van der Waals surface area contributed by atoms with Crippen molar-refractivity contribution in [2.45, 2.75) is 42.9 Å². The minimum absolute atomic E-state index is 0.0515. The van der Waals surface area contributed by atoms with E-state index in [1.54, 1.807) is 11.8 Å². The highest BCUT2D eigenvalue weighted by Crippen LogP contribution is 2.36. The van der Waals surface area contributed by atoms with Crippen molar-refractivity contribution >= 4 is 11.8 Å². The van der Waals surface area contributed by atoms with Gasteiger partial charge >= 0.3 is 5.69 Å². The lowest BCUT2D eigenvalue weighted by molar-refractivity contribution is 0.636. The van der Waals surface area contributed by atoms with Crippen LogP contribution in [0.3, 0.4) is 0 Å². The standard InChI is InChI=1S/C10H16N4OS/c15-9-12-13-10(14(9)8-3-4-8)16-6-7-2-1-5-11-7/h7-8,11H,1-6H2,(H,12,15)/t7-/m0/s1. The van der Waals surface area contributed by atoms with Crippen molar-refractivity contribution in [1.29, 1.82) is 0 Å². The predicted molar refractivity (Wildman–Crippen MR) is 62.9 cm³/mol. The molecule has 1 aliphatic carbocycles. The van der Waals surface area contributed by atoms with Crippen LogP contribution in [0.2, 0.25) is 0 Å². The summed E-state index contributed by atoms with van der Waals surface area (Å²) in [4.78, 5) is 11.5. The second-order valence-electron chi connectivity index (χ2n) is 4.52. The third-order valence-electron chi connectivity index (χ3n) is 3.16. The predicted octanol–water partition coefficient (Wildman–Crippen LogP) is 0.750. The Balaban J connectivity index is 1.66. The molecule has 0 amide bonds. The van der Waals surface area contributed by atoms with Crippen molar-refractivity contribution in [3.63, 3.8) is 0 Å². The minimum atomic E-state index is -0.0515. The van der Waals surface area contributed by atoms with Crippen LogP contribution in [0.25, 0.3) is 0 Å². The molecule has 1 atom stereocenters. The second kappa shape index (κ2) is 4.25. The molecule has 1 aromatic heterocycles. The zero-order chi connectivity index (χ0) is 11.0. The third kappa shape index (κ3) is 2.04. The highest BCUT2D eigenvalue weighted by atomic mass is 32.2. The molecule has 2 N–H and O–H groups in total. The van der Waals surface area contributed by atoms with Gasteiger partial charge in [0, 0.05) is 17.8 Å². The molecule has 0 bridgehead atoms. The molecular weight excluding hydrogens is 224 g/mol. The lowest BCUT2D eigenvalue weighted by Gasteiger charge is -2.09. The number of nitrogens with zero attached hydrogens (tertiary/aromatic N) is 2. The molecule has 1 saturated carbocycles. The van der Waals surface area contributed by atoms with Crippen LogP contribution in [0.5, 0.6) is 0 Å². The average molecular weight is 240 g/mol. The number of H-pyrrole nitrogens is 1. The van der Waals surface area contributed by atoms with Crippen LogP contribution in [0.1, 0.15) is 31.7 Å². The van der Waals surface area contributed by atoms with Crippen molar-refractivity contribution in [3.8, 4) is 0 Å². The summed E-state index contributed by atoms with van der Waals surface area (Å²) >= 11 is 1.69. The molecule has 2 fully saturated rings. The number of hydrogen-bond acceptors (Lipinski definition) is 4. The van der Waals surface area contributed by atoms with Gasteiger partial charge in [0.25, 0.3) is 0 Å². The van der Waals surface area contributed by atoms with Crippen LogP contribution < -0.4 is 11.0 Å². The number of nitrogens with one attached hydrogen (secondary N) is 2. The number of aromatic nitrogens is 3. The van der Waals surface area contributed by atoms with Gasteiger partial charge < -0.3 is 5.32 Å². The van der Waals surface area contributed by atoms with Crippen molar-refractivity contribution in [1.82, 2.24) is 20.1 Å². The van der Waals surface area contributed by atoms with E-state index in [1.165, 1.54) is 12.8 Å². The highest BCUT2D eigenvalue weighted by molar-refractivity contribution is 7.99. The molecule has 1 saturated heterocycles. The Bertz CT molecular complexity index is 417. The topological polar surface area (TPSA) is 62.7 Å². The number of hydrogen-bond donors (Lipinski definition) is 2. The van der Waals surface area contributed by atoms with Crippen LogP contribution in [-0.4, -0.2) is 33.1 Å². The van der Waals surface area contributed by atoms with Crippen LogP contribution in [0.4, 0.5) is 0 Å². The molecule has 3 rings (SSSR count). The average Bonchev–Trinajstić information content (AvgIpc) is 2.85. The number of thioether (sulfide) groups is 1. The lowest BCUT2D eigenvalue weighted by atomic mass is 10.3. The van der Waals surface area contributed by atoms with Gasteiger partial charge in [-0.3, -0.25) is 4.57 Å². The molecule has 2 aliphatic rings. The van der Waals surface area contributed by atoms with E-state index in [4.69, 9.17) is 0 Å². The van der Waals surface area contributed by atoms with Gasteiger partial charge in [-0.15, -0.1) is 5.10 Å². The molecule has 0 spiro atoms. The third-order valence-corrected chi connectivity index (χ3v) is 4.28. The molecule has 0 radical (unpaired) electrons. The van der Waals surface area contributed by atoms with E-state index in [9.17, 15) is 4.79 Å². The zero-order valence-corrected chi connectivity index (χ0v) is 9.92. The molecule has 16 heavy (non-hydrogen) atoms. The fraction of sp³-hybridized carbons (Fsp3) is 0.800. The molecule has 1 aliphatic heterocycles. The van der Waals surface area contributed by atoms with Crippen LogP contribution in [-0.2, 0) is 0 Å². The largest absolute Gasteiger partial charge is 0.344 e. The monoisotopic (exact) mass is 240 g/mol. The summed E-state index contributed by atoms with van der Waals surface area (Å²) in [6.45, 7) is 1.13. The molecule has 2 heterocycles. The minimum Gasteiger partial charge on any atom is -0.313 e. The van der Waals surface area contributed by atoms with Gasteiger partial charge in [-0.2, -0.15) is 0 Å². The van der Waals surface area contributed by atoms with Gasteiger partial charge in [-0.05, 0) is 32.2 Å². The smallest absolute Gasteiger partial charge is 0.313 e. The van der Waals surface area contributed by atoms with Gasteiger partial charge in [-0.1, -0.05) is 11.8 Å². The zero-order valence-electron chi connectivity index (χ0n) is 9.11. The van der Waals surface area contributed by atoms with Crippen molar-refractivity contribution in [2.75, 3.05) is 12.3 Å².